The molecule has 0 saturated carbocycles. The Morgan fingerprint density at radius 1 is 0.824 bits per heavy atom. The van der Waals surface area contributed by atoms with E-state index in [-0.39, 0.29) is 11.6 Å². The maximum atomic E-state index is 13.0. The molecule has 4 rings (SSSR count). The molecule has 0 atom stereocenters. The first-order chi connectivity index (χ1) is 16.5. The molecule has 1 heterocycles. The van der Waals surface area contributed by atoms with Crippen LogP contribution >= 0.6 is 0 Å². The molecule has 3 aromatic carbocycles. The lowest BCUT2D eigenvalue weighted by Gasteiger charge is -2.09. The molecule has 6 nitrogen and oxygen atoms in total. The van der Waals surface area contributed by atoms with Crippen LogP contribution in [0, 0.1) is 5.82 Å². The summed E-state index contributed by atoms with van der Waals surface area (Å²) in [7, 11) is 0. The van der Waals surface area contributed by atoms with E-state index in [1.54, 1.807) is 42.5 Å². The van der Waals surface area contributed by atoms with E-state index in [1.165, 1.54) is 36.4 Å². The van der Waals surface area contributed by atoms with Gasteiger partial charge in [0, 0.05) is 11.6 Å². The van der Waals surface area contributed by atoms with Crippen LogP contribution in [0.1, 0.15) is 21.5 Å². The van der Waals surface area contributed by atoms with Crippen LogP contribution in [0.4, 0.5) is 4.39 Å². The molecule has 0 unspecified atom stereocenters. The third-order valence-corrected chi connectivity index (χ3v) is 4.98. The minimum absolute atomic E-state index is 0.206. The number of hydrogen-bond acceptors (Lipinski definition) is 5. The summed E-state index contributed by atoms with van der Waals surface area (Å²) >= 11 is 0. The van der Waals surface area contributed by atoms with Gasteiger partial charge >= 0.3 is 0 Å². The monoisotopic (exact) mass is 457 g/mol. The molecule has 0 saturated heterocycles. The van der Waals surface area contributed by atoms with Crippen molar-refractivity contribution in [1.82, 2.24) is 5.32 Å². The van der Waals surface area contributed by atoms with Crippen molar-refractivity contribution in [3.63, 3.8) is 0 Å². The highest BCUT2D eigenvalue weighted by atomic mass is 19.1. The van der Waals surface area contributed by atoms with E-state index in [9.17, 15) is 18.8 Å². The van der Waals surface area contributed by atoms with Gasteiger partial charge in [-0.05, 0) is 65.7 Å². The number of ketones is 1. The van der Waals surface area contributed by atoms with Gasteiger partial charge in [0.05, 0.1) is 5.57 Å². The lowest BCUT2D eigenvalue weighted by atomic mass is 10.1. The Bertz CT molecular complexity index is 1260. The Hall–Kier alpha value is -4.52. The van der Waals surface area contributed by atoms with E-state index in [0.717, 1.165) is 5.56 Å². The van der Waals surface area contributed by atoms with E-state index >= 15 is 0 Å². The largest absolute Gasteiger partial charge is 0.490 e. The summed E-state index contributed by atoms with van der Waals surface area (Å²) in [6.45, 7) is 0.636. The van der Waals surface area contributed by atoms with Gasteiger partial charge in [0.25, 0.3) is 11.8 Å². The zero-order chi connectivity index (χ0) is 23.9. The normalized spacial score (nSPS) is 13.0. The van der Waals surface area contributed by atoms with Gasteiger partial charge in [-0.2, -0.15) is 0 Å². The van der Waals surface area contributed by atoms with Gasteiger partial charge in [-0.25, -0.2) is 4.39 Å². The molecule has 0 spiro atoms. The van der Waals surface area contributed by atoms with Crippen molar-refractivity contribution in [3.05, 3.63) is 107 Å². The first kappa shape index (κ1) is 22.7. The first-order valence-electron chi connectivity index (χ1n) is 10.5. The third-order valence-electron chi connectivity index (χ3n) is 4.98. The summed E-state index contributed by atoms with van der Waals surface area (Å²) in [5.41, 5.74) is 2.22. The quantitative estimate of drug-likeness (QED) is 0.225. The van der Waals surface area contributed by atoms with Crippen molar-refractivity contribution in [2.45, 2.75) is 0 Å². The van der Waals surface area contributed by atoms with Crippen LogP contribution in [0.25, 0.3) is 11.6 Å². The Kier molecular flexibility index (Phi) is 6.93. The van der Waals surface area contributed by atoms with Crippen LogP contribution in [0.15, 0.2) is 84.9 Å². The van der Waals surface area contributed by atoms with Gasteiger partial charge in [-0.15, -0.1) is 0 Å². The highest BCUT2D eigenvalue weighted by Gasteiger charge is 2.21. The molecule has 0 aromatic heterocycles. The second kappa shape index (κ2) is 10.4. The number of carbonyl (C=O) groups is 3. The molecule has 2 amide bonds. The number of benzene rings is 3. The maximum absolute atomic E-state index is 13.0. The van der Waals surface area contributed by atoms with Crippen molar-refractivity contribution in [2.75, 3.05) is 13.2 Å². The molecule has 1 aliphatic rings. The molecule has 0 radical (unpaired) electrons. The molecular formula is C27H20FNO5. The molecule has 0 bridgehead atoms. The lowest BCUT2D eigenvalue weighted by Crippen LogP contribution is -2.21. The maximum Gasteiger partial charge on any atom is 0.258 e. The molecule has 170 valence electrons. The lowest BCUT2D eigenvalue weighted by molar-refractivity contribution is -0.123. The van der Waals surface area contributed by atoms with Gasteiger partial charge < -0.3 is 9.47 Å². The number of ether oxygens (including phenoxy) is 2. The Balaban J connectivity index is 1.22. The van der Waals surface area contributed by atoms with Crippen LogP contribution in [0.2, 0.25) is 0 Å². The van der Waals surface area contributed by atoms with Crippen LogP contribution in [0.3, 0.4) is 0 Å². The third kappa shape index (κ3) is 5.83. The zero-order valence-electron chi connectivity index (χ0n) is 18.0. The Morgan fingerprint density at radius 2 is 1.41 bits per heavy atom. The first-order valence-corrected chi connectivity index (χ1v) is 10.5. The van der Waals surface area contributed by atoms with E-state index in [2.05, 4.69) is 5.32 Å². The van der Waals surface area contributed by atoms with Crippen molar-refractivity contribution in [2.24, 2.45) is 0 Å². The highest BCUT2D eigenvalue weighted by molar-refractivity contribution is 6.33. The van der Waals surface area contributed by atoms with Crippen molar-refractivity contribution in [1.29, 1.82) is 0 Å². The topological polar surface area (TPSA) is 81.7 Å². The molecular weight excluding hydrogens is 437 g/mol. The standard InChI is InChI=1S/C27H20FNO5/c28-21-8-4-20(5-9-21)25(30)14-3-18-1-10-22(11-2-18)33-15-16-34-23-12-6-19(7-13-23)24-17-26(31)29-27(24)32/h1-14,17H,15-16H2,(H,29,31,32). The number of amides is 2. The molecule has 3 aromatic rings. The van der Waals surface area contributed by atoms with Gasteiger partial charge in [0.15, 0.2) is 5.78 Å². The van der Waals surface area contributed by atoms with Gasteiger partial charge in [0.1, 0.15) is 30.5 Å². The number of imide groups is 1. The summed E-state index contributed by atoms with van der Waals surface area (Å²) in [6, 6.07) is 19.5. The summed E-state index contributed by atoms with van der Waals surface area (Å²) in [4.78, 5) is 35.1. The van der Waals surface area contributed by atoms with Crippen molar-refractivity contribution >= 4 is 29.2 Å². The number of carbonyl (C=O) groups excluding carboxylic acids is 3. The summed E-state index contributed by atoms with van der Waals surface area (Å²) in [5, 5.41) is 2.21. The van der Waals surface area contributed by atoms with E-state index in [1.807, 2.05) is 12.1 Å². The van der Waals surface area contributed by atoms with E-state index < -0.39 is 11.8 Å². The average Bonchev–Trinajstić information content (AvgIpc) is 3.19. The second-order valence-corrected chi connectivity index (χ2v) is 7.37. The van der Waals surface area contributed by atoms with Gasteiger partial charge in [-0.3, -0.25) is 19.7 Å². The zero-order valence-corrected chi connectivity index (χ0v) is 18.0. The number of halogens is 1. The van der Waals surface area contributed by atoms with Crippen LogP contribution in [-0.4, -0.2) is 30.8 Å². The van der Waals surface area contributed by atoms with Crippen LogP contribution in [0.5, 0.6) is 11.5 Å². The second-order valence-electron chi connectivity index (χ2n) is 7.37. The SMILES string of the molecule is O=C1C=C(c2ccc(OCCOc3ccc(C=CC(=O)c4ccc(F)cc4)cc3)cc2)C(=O)N1. The smallest absolute Gasteiger partial charge is 0.258 e. The average molecular weight is 457 g/mol. The fourth-order valence-electron chi connectivity index (χ4n) is 3.23. The minimum Gasteiger partial charge on any atom is -0.490 e. The number of hydrogen-bond donors (Lipinski definition) is 1. The molecule has 0 aliphatic carbocycles. The molecule has 34 heavy (non-hydrogen) atoms. The summed E-state index contributed by atoms with van der Waals surface area (Å²) in [5.74, 6) is -0.144. The number of allylic oxidation sites excluding steroid dienone is 1. The summed E-state index contributed by atoms with van der Waals surface area (Å²) in [6.07, 6.45) is 4.40. The van der Waals surface area contributed by atoms with Crippen molar-refractivity contribution in [3.8, 4) is 11.5 Å². The fraction of sp³-hybridized carbons (Fsp3) is 0.0741. The highest BCUT2D eigenvalue weighted by Crippen LogP contribution is 2.21. The molecule has 1 N–H and O–H groups in total. The van der Waals surface area contributed by atoms with Gasteiger partial charge in [0.2, 0.25) is 0 Å². The predicted molar refractivity (Wildman–Crippen MR) is 125 cm³/mol. The van der Waals surface area contributed by atoms with Crippen LogP contribution in [-0.2, 0) is 9.59 Å². The summed E-state index contributed by atoms with van der Waals surface area (Å²) < 4.78 is 24.3. The molecule has 1 aliphatic heterocycles. The fourth-order valence-corrected chi connectivity index (χ4v) is 3.23. The Morgan fingerprint density at radius 3 is 1.97 bits per heavy atom. The van der Waals surface area contributed by atoms with Crippen LogP contribution < -0.4 is 14.8 Å². The minimum atomic E-state index is -0.417. The number of rotatable bonds is 9. The van der Waals surface area contributed by atoms with E-state index in [0.29, 0.717) is 41.4 Å². The van der Waals surface area contributed by atoms with Gasteiger partial charge in [-0.1, -0.05) is 30.3 Å². The number of nitrogens with one attached hydrogen (secondary N) is 1. The van der Waals surface area contributed by atoms with Crippen molar-refractivity contribution < 1.29 is 28.2 Å². The Labute approximate surface area is 195 Å². The molecule has 0 fully saturated rings. The predicted octanol–water partition coefficient (Wildman–Crippen LogP) is 4.22. The molecule has 7 heteroatoms. The van der Waals surface area contributed by atoms with E-state index in [4.69, 9.17) is 9.47 Å².